The van der Waals surface area contributed by atoms with Gasteiger partial charge in [0.2, 0.25) is 0 Å². The molecule has 116 valence electrons. The Morgan fingerprint density at radius 2 is 2.05 bits per heavy atom. The first-order valence-electron chi connectivity index (χ1n) is 8.27. The molecule has 0 spiro atoms. The van der Waals surface area contributed by atoms with E-state index in [-0.39, 0.29) is 5.82 Å². The number of hydrogen-bond acceptors (Lipinski definition) is 2. The molecule has 1 N–H and O–H groups in total. The van der Waals surface area contributed by atoms with Crippen molar-refractivity contribution in [1.29, 1.82) is 0 Å². The van der Waals surface area contributed by atoms with Gasteiger partial charge in [-0.25, -0.2) is 9.37 Å². The quantitative estimate of drug-likeness (QED) is 0.940. The molecule has 22 heavy (non-hydrogen) atoms. The van der Waals surface area contributed by atoms with E-state index in [1.807, 2.05) is 18.3 Å². The number of imidazole rings is 1. The Labute approximate surface area is 130 Å². The summed E-state index contributed by atoms with van der Waals surface area (Å²) in [6.45, 7) is 2.19. The largest absolute Gasteiger partial charge is 0.335 e. The van der Waals surface area contributed by atoms with Gasteiger partial charge >= 0.3 is 0 Å². The summed E-state index contributed by atoms with van der Waals surface area (Å²) in [5.41, 5.74) is 1.28. The van der Waals surface area contributed by atoms with Gasteiger partial charge in [-0.2, -0.15) is 0 Å². The Bertz CT molecular complexity index is 628. The molecule has 1 aliphatic heterocycles. The van der Waals surface area contributed by atoms with Crippen molar-refractivity contribution in [3.05, 3.63) is 53.9 Å². The molecule has 4 heteroatoms. The number of benzene rings is 1. The number of aromatic nitrogens is 2. The lowest BCUT2D eigenvalue weighted by molar-refractivity contribution is 0.256. The topological polar surface area (TPSA) is 29.9 Å². The molecular weight excluding hydrogens is 277 g/mol. The van der Waals surface area contributed by atoms with Crippen molar-refractivity contribution in [2.24, 2.45) is 5.92 Å². The van der Waals surface area contributed by atoms with Crippen LogP contribution in [0.4, 0.5) is 4.39 Å². The minimum Gasteiger partial charge on any atom is -0.335 e. The zero-order valence-corrected chi connectivity index (χ0v) is 12.7. The predicted octanol–water partition coefficient (Wildman–Crippen LogP) is 3.12. The van der Waals surface area contributed by atoms with Crippen molar-refractivity contribution >= 4 is 0 Å². The standard InChI is InChI=1S/C18H22FN3/c19-16-4-2-14(3-5-16)15-9-17(10-15)21-11-13-1-6-18-20-7-8-22(18)12-13/h2-5,7-8,13,15,17,21H,1,6,9-12H2/t13-,15?,17?/m1/s1. The van der Waals surface area contributed by atoms with Crippen LogP contribution in [0.2, 0.25) is 0 Å². The number of hydrogen-bond donors (Lipinski definition) is 1. The van der Waals surface area contributed by atoms with Gasteiger partial charge in [0.1, 0.15) is 11.6 Å². The van der Waals surface area contributed by atoms with Crippen molar-refractivity contribution in [1.82, 2.24) is 14.9 Å². The van der Waals surface area contributed by atoms with Gasteiger partial charge < -0.3 is 9.88 Å². The third kappa shape index (κ3) is 2.80. The van der Waals surface area contributed by atoms with E-state index in [9.17, 15) is 4.39 Å². The normalized spacial score (nSPS) is 27.2. The molecule has 2 aliphatic rings. The average Bonchev–Trinajstić information content (AvgIpc) is 2.95. The van der Waals surface area contributed by atoms with Crippen LogP contribution in [0.25, 0.3) is 0 Å². The molecule has 2 heterocycles. The minimum absolute atomic E-state index is 0.145. The molecule has 0 amide bonds. The molecule has 1 aliphatic carbocycles. The summed E-state index contributed by atoms with van der Waals surface area (Å²) >= 11 is 0. The van der Waals surface area contributed by atoms with Crippen molar-refractivity contribution in [3.8, 4) is 0 Å². The van der Waals surface area contributed by atoms with Crippen LogP contribution < -0.4 is 5.32 Å². The Balaban J connectivity index is 1.23. The van der Waals surface area contributed by atoms with E-state index in [2.05, 4.69) is 21.1 Å². The summed E-state index contributed by atoms with van der Waals surface area (Å²) in [5.74, 6) is 2.40. The molecule has 1 aromatic carbocycles. The molecule has 0 saturated heterocycles. The van der Waals surface area contributed by atoms with Crippen LogP contribution in [0.3, 0.4) is 0 Å². The fraction of sp³-hybridized carbons (Fsp3) is 0.500. The van der Waals surface area contributed by atoms with E-state index in [4.69, 9.17) is 0 Å². The molecule has 0 bridgehead atoms. The number of aryl methyl sites for hydroxylation is 1. The maximum atomic E-state index is 12.9. The lowest BCUT2D eigenvalue weighted by Crippen LogP contribution is -2.43. The molecule has 0 radical (unpaired) electrons. The highest BCUT2D eigenvalue weighted by molar-refractivity contribution is 5.23. The number of rotatable bonds is 4. The van der Waals surface area contributed by atoms with Gasteiger partial charge in [0, 0.05) is 31.4 Å². The van der Waals surface area contributed by atoms with Gasteiger partial charge in [0.25, 0.3) is 0 Å². The smallest absolute Gasteiger partial charge is 0.123 e. The first-order chi connectivity index (χ1) is 10.8. The number of halogens is 1. The molecule has 1 atom stereocenters. The van der Waals surface area contributed by atoms with Gasteiger partial charge in [-0.1, -0.05) is 12.1 Å². The van der Waals surface area contributed by atoms with Crippen LogP contribution in [-0.2, 0) is 13.0 Å². The van der Waals surface area contributed by atoms with Crippen LogP contribution in [0.5, 0.6) is 0 Å². The van der Waals surface area contributed by atoms with Gasteiger partial charge in [0.15, 0.2) is 0 Å². The highest BCUT2D eigenvalue weighted by atomic mass is 19.1. The van der Waals surface area contributed by atoms with E-state index >= 15 is 0 Å². The minimum atomic E-state index is -0.145. The summed E-state index contributed by atoms with van der Waals surface area (Å²) in [6, 6.07) is 7.62. The number of nitrogens with one attached hydrogen (secondary N) is 1. The van der Waals surface area contributed by atoms with E-state index in [1.165, 1.54) is 30.7 Å². The highest BCUT2D eigenvalue weighted by Crippen LogP contribution is 2.37. The lowest BCUT2D eigenvalue weighted by Gasteiger charge is -2.37. The van der Waals surface area contributed by atoms with Gasteiger partial charge in [-0.3, -0.25) is 0 Å². The zero-order chi connectivity index (χ0) is 14.9. The van der Waals surface area contributed by atoms with Crippen LogP contribution in [0, 0.1) is 11.7 Å². The molecule has 2 aromatic rings. The molecule has 4 rings (SSSR count). The number of fused-ring (bicyclic) bond motifs is 1. The summed E-state index contributed by atoms with van der Waals surface area (Å²) in [4.78, 5) is 4.38. The molecule has 1 saturated carbocycles. The second-order valence-electron chi connectivity index (χ2n) is 6.73. The Hall–Kier alpha value is -1.68. The van der Waals surface area contributed by atoms with Gasteiger partial charge in [-0.15, -0.1) is 0 Å². The third-order valence-electron chi connectivity index (χ3n) is 5.21. The summed E-state index contributed by atoms with van der Waals surface area (Å²) < 4.78 is 15.2. The summed E-state index contributed by atoms with van der Waals surface area (Å²) in [6.07, 6.45) is 8.68. The van der Waals surface area contributed by atoms with E-state index in [0.29, 0.717) is 17.9 Å². The fourth-order valence-corrected chi connectivity index (χ4v) is 3.73. The monoisotopic (exact) mass is 299 g/mol. The zero-order valence-electron chi connectivity index (χ0n) is 12.7. The maximum absolute atomic E-state index is 12.9. The third-order valence-corrected chi connectivity index (χ3v) is 5.21. The average molecular weight is 299 g/mol. The van der Waals surface area contributed by atoms with Crippen LogP contribution in [0.1, 0.15) is 36.6 Å². The first kappa shape index (κ1) is 13.9. The molecule has 0 unspecified atom stereocenters. The highest BCUT2D eigenvalue weighted by Gasteiger charge is 2.30. The van der Waals surface area contributed by atoms with Crippen molar-refractivity contribution < 1.29 is 4.39 Å². The number of nitrogens with zero attached hydrogens (tertiary/aromatic N) is 2. The van der Waals surface area contributed by atoms with E-state index in [1.54, 1.807) is 12.1 Å². The maximum Gasteiger partial charge on any atom is 0.123 e. The van der Waals surface area contributed by atoms with Crippen molar-refractivity contribution in [3.63, 3.8) is 0 Å². The van der Waals surface area contributed by atoms with E-state index < -0.39 is 0 Å². The van der Waals surface area contributed by atoms with E-state index in [0.717, 1.165) is 19.5 Å². The second-order valence-corrected chi connectivity index (χ2v) is 6.73. The lowest BCUT2D eigenvalue weighted by atomic mass is 9.75. The van der Waals surface area contributed by atoms with Crippen LogP contribution >= 0.6 is 0 Å². The Morgan fingerprint density at radius 3 is 2.86 bits per heavy atom. The first-order valence-corrected chi connectivity index (χ1v) is 8.27. The SMILES string of the molecule is Fc1ccc(C2CC(NC[C@H]3CCc4nccn4C3)C2)cc1. The van der Waals surface area contributed by atoms with Crippen molar-refractivity contribution in [2.45, 2.75) is 44.2 Å². The van der Waals surface area contributed by atoms with Crippen molar-refractivity contribution in [2.75, 3.05) is 6.54 Å². The Kier molecular flexibility index (Phi) is 3.70. The Morgan fingerprint density at radius 1 is 1.23 bits per heavy atom. The predicted molar refractivity (Wildman–Crippen MR) is 84.2 cm³/mol. The van der Waals surface area contributed by atoms with Crippen LogP contribution in [0.15, 0.2) is 36.7 Å². The van der Waals surface area contributed by atoms with Crippen LogP contribution in [-0.4, -0.2) is 22.1 Å². The molecular formula is C18H22FN3. The molecule has 1 fully saturated rings. The fourth-order valence-electron chi connectivity index (χ4n) is 3.73. The van der Waals surface area contributed by atoms with Gasteiger partial charge in [-0.05, 0) is 55.3 Å². The van der Waals surface area contributed by atoms with Gasteiger partial charge in [0.05, 0.1) is 0 Å². The summed E-state index contributed by atoms with van der Waals surface area (Å²) in [7, 11) is 0. The summed E-state index contributed by atoms with van der Waals surface area (Å²) in [5, 5.41) is 3.72. The second kappa shape index (κ2) is 5.84. The molecule has 3 nitrogen and oxygen atoms in total. The molecule has 1 aromatic heterocycles.